The minimum atomic E-state index is -4.93. The van der Waals surface area contributed by atoms with Crippen LogP contribution in [-0.2, 0) is 6.54 Å². The Bertz CT molecular complexity index is 850. The van der Waals surface area contributed by atoms with Crippen molar-refractivity contribution in [2.75, 3.05) is 26.7 Å². The minimum Gasteiger partial charge on any atom is -0.406 e. The van der Waals surface area contributed by atoms with Crippen molar-refractivity contribution in [2.45, 2.75) is 50.7 Å². The molecule has 1 aromatic carbocycles. The van der Waals surface area contributed by atoms with Crippen LogP contribution in [0.5, 0.6) is 5.75 Å². The van der Waals surface area contributed by atoms with Crippen LogP contribution in [0.25, 0.3) is 0 Å². The van der Waals surface area contributed by atoms with E-state index in [1.54, 1.807) is 9.80 Å². The number of likely N-dealkylation sites (tertiary alicyclic amines) is 1. The van der Waals surface area contributed by atoms with Gasteiger partial charge in [-0.15, -0.1) is 13.2 Å². The zero-order chi connectivity index (χ0) is 24.2. The summed E-state index contributed by atoms with van der Waals surface area (Å²) in [4.78, 5) is 28.5. The first-order valence-corrected chi connectivity index (χ1v) is 10.8. The lowest BCUT2D eigenvalue weighted by molar-refractivity contribution is -0.274. The van der Waals surface area contributed by atoms with Gasteiger partial charge in [0.1, 0.15) is 11.6 Å². The number of carbonyl (C=O) groups excluding carboxylic acids is 2. The summed E-state index contributed by atoms with van der Waals surface area (Å²) < 4.78 is 54.8. The van der Waals surface area contributed by atoms with Gasteiger partial charge in [-0.25, -0.2) is 14.0 Å². The molecule has 2 aliphatic rings. The predicted molar refractivity (Wildman–Crippen MR) is 110 cm³/mol. The van der Waals surface area contributed by atoms with Gasteiger partial charge in [-0.1, -0.05) is 6.07 Å². The van der Waals surface area contributed by atoms with Crippen LogP contribution in [0.2, 0.25) is 0 Å². The molecule has 12 heteroatoms. The number of benzene rings is 1. The summed E-state index contributed by atoms with van der Waals surface area (Å²) in [6.07, 6.45) is -2.18. The maximum Gasteiger partial charge on any atom is 0.573 e. The van der Waals surface area contributed by atoms with Gasteiger partial charge in [0.15, 0.2) is 0 Å². The molecule has 0 radical (unpaired) electrons. The van der Waals surface area contributed by atoms with Crippen molar-refractivity contribution in [3.63, 3.8) is 0 Å². The first kappa shape index (κ1) is 24.9. The van der Waals surface area contributed by atoms with Gasteiger partial charge in [-0.3, -0.25) is 0 Å². The Balaban J connectivity index is 1.67. The molecule has 0 spiro atoms. The van der Waals surface area contributed by atoms with E-state index in [2.05, 4.69) is 15.4 Å². The number of nitrogens with one attached hydrogen (secondary N) is 2. The maximum atomic E-state index is 14.2. The van der Waals surface area contributed by atoms with Gasteiger partial charge in [0.2, 0.25) is 0 Å². The van der Waals surface area contributed by atoms with E-state index < -0.39 is 24.0 Å². The van der Waals surface area contributed by atoms with Crippen LogP contribution < -0.4 is 15.4 Å². The van der Waals surface area contributed by atoms with Gasteiger partial charge in [0, 0.05) is 51.0 Å². The van der Waals surface area contributed by atoms with Crippen LogP contribution >= 0.6 is 0 Å². The molecule has 3 rings (SSSR count). The lowest BCUT2D eigenvalue weighted by atomic mass is 9.91. The molecule has 1 aliphatic heterocycles. The van der Waals surface area contributed by atoms with Crippen LogP contribution in [0.4, 0.5) is 27.2 Å². The molecule has 1 saturated heterocycles. The number of ether oxygens (including phenoxy) is 1. The number of alkyl halides is 3. The second-order valence-corrected chi connectivity index (χ2v) is 8.33. The quantitative estimate of drug-likeness (QED) is 0.528. The van der Waals surface area contributed by atoms with E-state index in [-0.39, 0.29) is 42.7 Å². The van der Waals surface area contributed by atoms with Crippen molar-refractivity contribution in [1.82, 2.24) is 20.4 Å². The average molecular weight is 476 g/mol. The molecule has 2 unspecified atom stereocenters. The number of carbonyl (C=O) groups is 2. The molecule has 2 atom stereocenters. The van der Waals surface area contributed by atoms with E-state index in [0.29, 0.717) is 32.0 Å². The Morgan fingerprint density at radius 1 is 1.24 bits per heavy atom. The Morgan fingerprint density at radius 3 is 2.55 bits per heavy atom. The monoisotopic (exact) mass is 476 g/mol. The highest BCUT2D eigenvalue weighted by atomic mass is 19.4. The molecule has 0 bridgehead atoms. The highest BCUT2D eigenvalue weighted by Crippen LogP contribution is 2.33. The smallest absolute Gasteiger partial charge is 0.406 e. The number of halogens is 4. The number of aliphatic hydroxyl groups is 1. The van der Waals surface area contributed by atoms with Gasteiger partial charge in [-0.05, 0) is 37.7 Å². The fourth-order valence-electron chi connectivity index (χ4n) is 4.20. The first-order chi connectivity index (χ1) is 15.6. The van der Waals surface area contributed by atoms with E-state index in [4.69, 9.17) is 0 Å². The van der Waals surface area contributed by atoms with Crippen molar-refractivity contribution in [2.24, 2.45) is 5.92 Å². The van der Waals surface area contributed by atoms with Gasteiger partial charge >= 0.3 is 18.4 Å². The Morgan fingerprint density at radius 2 is 1.97 bits per heavy atom. The van der Waals surface area contributed by atoms with E-state index in [1.165, 1.54) is 7.05 Å². The van der Waals surface area contributed by atoms with E-state index in [1.807, 2.05) is 0 Å². The normalized spacial score (nSPS) is 20.8. The summed E-state index contributed by atoms with van der Waals surface area (Å²) in [5, 5.41) is 14.6. The molecule has 2 fully saturated rings. The number of amides is 4. The fraction of sp³-hybridized carbons (Fsp3) is 0.619. The van der Waals surface area contributed by atoms with Gasteiger partial charge in [0.25, 0.3) is 0 Å². The minimum absolute atomic E-state index is 0.00169. The zero-order valence-electron chi connectivity index (χ0n) is 18.2. The average Bonchev–Trinajstić information content (AvgIpc) is 3.56. The van der Waals surface area contributed by atoms with Gasteiger partial charge in [-0.2, -0.15) is 0 Å². The van der Waals surface area contributed by atoms with Crippen molar-refractivity contribution in [1.29, 1.82) is 0 Å². The molecule has 1 heterocycles. The van der Waals surface area contributed by atoms with Crippen molar-refractivity contribution in [3.8, 4) is 5.75 Å². The Hall–Kier alpha value is -2.76. The van der Waals surface area contributed by atoms with Crippen molar-refractivity contribution >= 4 is 12.1 Å². The molecule has 8 nitrogen and oxygen atoms in total. The predicted octanol–water partition coefficient (Wildman–Crippen LogP) is 2.81. The van der Waals surface area contributed by atoms with Crippen molar-refractivity contribution < 1.29 is 37.0 Å². The molecule has 1 saturated carbocycles. The summed E-state index contributed by atoms with van der Waals surface area (Å²) in [5.41, 5.74) is 0.0161. The number of rotatable bonds is 7. The number of hydrogen-bond donors (Lipinski definition) is 3. The Kier molecular flexibility index (Phi) is 7.88. The maximum absolute atomic E-state index is 14.2. The third-order valence-corrected chi connectivity index (χ3v) is 5.81. The summed E-state index contributed by atoms with van der Waals surface area (Å²) in [6.45, 7) is 0.575. The van der Waals surface area contributed by atoms with Crippen LogP contribution in [0.3, 0.4) is 0 Å². The fourth-order valence-corrected chi connectivity index (χ4v) is 4.20. The number of nitrogens with zero attached hydrogens (tertiary/aromatic N) is 2. The van der Waals surface area contributed by atoms with E-state index in [9.17, 15) is 32.3 Å². The first-order valence-electron chi connectivity index (χ1n) is 10.8. The highest BCUT2D eigenvalue weighted by molar-refractivity contribution is 5.76. The summed E-state index contributed by atoms with van der Waals surface area (Å²) >= 11 is 0. The molecule has 3 N–H and O–H groups in total. The lowest BCUT2D eigenvalue weighted by Crippen LogP contribution is -2.58. The molecule has 184 valence electrons. The third kappa shape index (κ3) is 6.86. The molecular weight excluding hydrogens is 448 g/mol. The third-order valence-electron chi connectivity index (χ3n) is 5.81. The van der Waals surface area contributed by atoms with Crippen molar-refractivity contribution in [3.05, 3.63) is 29.6 Å². The van der Waals surface area contributed by atoms with Gasteiger partial charge in [0.05, 0.1) is 6.04 Å². The highest BCUT2D eigenvalue weighted by Gasteiger charge is 2.41. The molecule has 4 amide bonds. The van der Waals surface area contributed by atoms with Crippen LogP contribution in [0.1, 0.15) is 31.2 Å². The Labute approximate surface area is 188 Å². The standard InChI is InChI=1S/C21H28F4N4O4/c1-26-19(31)28-11-13(6-7-30)8-16(12-28)29(15-3-4-15)20(32)27-10-14-2-5-17(9-18(14)22)33-21(23,24)25/h2,5,9,13,15-16,30H,3-4,6-8,10-12H2,1H3,(H,26,31)(H,27,32). The summed E-state index contributed by atoms with van der Waals surface area (Å²) in [6, 6.07) is 1.77. The summed E-state index contributed by atoms with van der Waals surface area (Å²) in [7, 11) is 1.53. The van der Waals surface area contributed by atoms with Crippen LogP contribution in [-0.4, -0.2) is 72.2 Å². The molecule has 0 aromatic heterocycles. The number of urea groups is 2. The number of piperidine rings is 1. The van der Waals surface area contributed by atoms with Crippen LogP contribution in [0.15, 0.2) is 18.2 Å². The van der Waals surface area contributed by atoms with E-state index in [0.717, 1.165) is 25.0 Å². The SMILES string of the molecule is CNC(=O)N1CC(CCO)CC(N(C(=O)NCc2ccc(OC(F)(F)F)cc2F)C2CC2)C1. The van der Waals surface area contributed by atoms with E-state index >= 15 is 0 Å². The molecule has 1 aliphatic carbocycles. The molecule has 33 heavy (non-hydrogen) atoms. The molecule has 1 aromatic rings. The topological polar surface area (TPSA) is 94.1 Å². The molecular formula is C21H28F4N4O4. The largest absolute Gasteiger partial charge is 0.573 e. The zero-order valence-corrected chi connectivity index (χ0v) is 18.2. The second kappa shape index (κ2) is 10.4. The summed E-state index contributed by atoms with van der Waals surface area (Å²) in [5.74, 6) is -1.58. The number of hydrogen-bond acceptors (Lipinski definition) is 4. The van der Waals surface area contributed by atoms with Crippen LogP contribution in [0, 0.1) is 11.7 Å². The lowest BCUT2D eigenvalue weighted by Gasteiger charge is -2.42. The second-order valence-electron chi connectivity index (χ2n) is 8.33. The van der Waals surface area contributed by atoms with Gasteiger partial charge < -0.3 is 30.3 Å². The number of aliphatic hydroxyl groups excluding tert-OH is 1.